The van der Waals surface area contributed by atoms with E-state index in [0.29, 0.717) is 17.0 Å². The van der Waals surface area contributed by atoms with Crippen molar-refractivity contribution in [2.24, 2.45) is 0 Å². The fourth-order valence-electron chi connectivity index (χ4n) is 1.86. The van der Waals surface area contributed by atoms with Gasteiger partial charge >= 0.3 is 0 Å². The summed E-state index contributed by atoms with van der Waals surface area (Å²) in [7, 11) is 1.59. The summed E-state index contributed by atoms with van der Waals surface area (Å²) < 4.78 is 5.32. The van der Waals surface area contributed by atoms with Gasteiger partial charge in [-0.05, 0) is 32.9 Å². The van der Waals surface area contributed by atoms with Crippen LogP contribution in [0.2, 0.25) is 0 Å². The average molecular weight is 236 g/mol. The van der Waals surface area contributed by atoms with E-state index in [-0.39, 0.29) is 5.78 Å². The number of hydrogen-bond acceptors (Lipinski definition) is 4. The maximum atomic E-state index is 11.4. The van der Waals surface area contributed by atoms with Crippen LogP contribution >= 0.6 is 0 Å². The Hall–Kier alpha value is -1.71. The molecular formula is C13H20N2O2. The number of rotatable bonds is 5. The van der Waals surface area contributed by atoms with Crippen molar-refractivity contribution in [3.63, 3.8) is 0 Å². The number of methoxy groups -OCH3 is 1. The molecule has 0 amide bonds. The molecule has 94 valence electrons. The number of Topliss-reactive ketones (excluding diaryl/α,β-unsaturated/α-hetero) is 1. The first-order chi connectivity index (χ1) is 8.04. The van der Waals surface area contributed by atoms with Crippen LogP contribution in [-0.4, -0.2) is 26.0 Å². The van der Waals surface area contributed by atoms with Crippen molar-refractivity contribution in [3.05, 3.63) is 17.7 Å². The standard InChI is InChI=1S/C13H20N2O2/c1-5-15(6-2)12-8-10(9(3)16)7-11(14)13(12)17-4/h7-8H,5-6,14H2,1-4H3. The van der Waals surface area contributed by atoms with Crippen LogP contribution in [0, 0.1) is 0 Å². The van der Waals surface area contributed by atoms with Crippen LogP contribution in [0.4, 0.5) is 11.4 Å². The van der Waals surface area contributed by atoms with E-state index in [9.17, 15) is 4.79 Å². The number of ether oxygens (including phenoxy) is 1. The van der Waals surface area contributed by atoms with Crippen molar-refractivity contribution in [2.45, 2.75) is 20.8 Å². The van der Waals surface area contributed by atoms with Crippen LogP contribution in [0.5, 0.6) is 5.75 Å². The van der Waals surface area contributed by atoms with Crippen molar-refractivity contribution in [1.29, 1.82) is 0 Å². The van der Waals surface area contributed by atoms with Crippen LogP contribution in [0.15, 0.2) is 12.1 Å². The summed E-state index contributed by atoms with van der Waals surface area (Å²) in [6.45, 7) is 7.33. The second-order valence-electron chi connectivity index (χ2n) is 3.85. The highest BCUT2D eigenvalue weighted by molar-refractivity contribution is 5.97. The number of carbonyl (C=O) groups is 1. The first-order valence-electron chi connectivity index (χ1n) is 5.78. The van der Waals surface area contributed by atoms with Crippen LogP contribution in [0.25, 0.3) is 0 Å². The third-order valence-electron chi connectivity index (χ3n) is 2.81. The summed E-state index contributed by atoms with van der Waals surface area (Å²) in [5, 5.41) is 0. The Morgan fingerprint density at radius 3 is 2.35 bits per heavy atom. The molecule has 0 aliphatic rings. The predicted octanol–water partition coefficient (Wildman–Crippen LogP) is 2.33. The minimum Gasteiger partial charge on any atom is -0.492 e. The first-order valence-corrected chi connectivity index (χ1v) is 5.78. The van der Waals surface area contributed by atoms with Gasteiger partial charge in [0.25, 0.3) is 0 Å². The number of nitrogens with two attached hydrogens (primary N) is 1. The molecule has 0 aliphatic heterocycles. The maximum absolute atomic E-state index is 11.4. The summed E-state index contributed by atoms with van der Waals surface area (Å²) in [6, 6.07) is 3.50. The molecule has 0 atom stereocenters. The highest BCUT2D eigenvalue weighted by Crippen LogP contribution is 2.35. The summed E-state index contributed by atoms with van der Waals surface area (Å²) in [6.07, 6.45) is 0. The van der Waals surface area contributed by atoms with Crippen molar-refractivity contribution in [1.82, 2.24) is 0 Å². The van der Waals surface area contributed by atoms with E-state index in [1.807, 2.05) is 6.07 Å². The van der Waals surface area contributed by atoms with Gasteiger partial charge in [0.1, 0.15) is 0 Å². The topological polar surface area (TPSA) is 55.6 Å². The highest BCUT2D eigenvalue weighted by atomic mass is 16.5. The van der Waals surface area contributed by atoms with E-state index < -0.39 is 0 Å². The van der Waals surface area contributed by atoms with Gasteiger partial charge in [-0.2, -0.15) is 0 Å². The molecule has 0 aliphatic carbocycles. The van der Waals surface area contributed by atoms with E-state index in [1.165, 1.54) is 6.92 Å². The monoisotopic (exact) mass is 236 g/mol. The number of ketones is 1. The molecular weight excluding hydrogens is 216 g/mol. The first kappa shape index (κ1) is 13.4. The van der Waals surface area contributed by atoms with Crippen LogP contribution in [0.1, 0.15) is 31.1 Å². The van der Waals surface area contributed by atoms with Gasteiger partial charge in [-0.15, -0.1) is 0 Å². The lowest BCUT2D eigenvalue weighted by Crippen LogP contribution is -2.23. The Kier molecular flexibility index (Phi) is 4.37. The number of benzene rings is 1. The molecule has 4 heteroatoms. The van der Waals surface area contributed by atoms with E-state index >= 15 is 0 Å². The molecule has 17 heavy (non-hydrogen) atoms. The zero-order valence-electron chi connectivity index (χ0n) is 10.9. The molecule has 0 saturated heterocycles. The second-order valence-corrected chi connectivity index (χ2v) is 3.85. The molecule has 1 aromatic rings. The van der Waals surface area contributed by atoms with Crippen molar-refractivity contribution >= 4 is 17.2 Å². The van der Waals surface area contributed by atoms with Gasteiger partial charge < -0.3 is 15.4 Å². The third-order valence-corrected chi connectivity index (χ3v) is 2.81. The number of hydrogen-bond donors (Lipinski definition) is 1. The van der Waals surface area contributed by atoms with Crippen LogP contribution in [-0.2, 0) is 0 Å². The number of carbonyl (C=O) groups excluding carboxylic acids is 1. The molecule has 0 bridgehead atoms. The molecule has 2 N–H and O–H groups in total. The Morgan fingerprint density at radius 1 is 1.35 bits per heavy atom. The summed E-state index contributed by atoms with van der Waals surface area (Å²) in [5.74, 6) is 0.645. The maximum Gasteiger partial charge on any atom is 0.165 e. The van der Waals surface area contributed by atoms with E-state index in [0.717, 1.165) is 18.8 Å². The van der Waals surface area contributed by atoms with E-state index in [1.54, 1.807) is 13.2 Å². The SMILES string of the molecule is CCN(CC)c1cc(C(C)=O)cc(N)c1OC. The van der Waals surface area contributed by atoms with Gasteiger partial charge in [0, 0.05) is 18.7 Å². The highest BCUT2D eigenvalue weighted by Gasteiger charge is 2.15. The summed E-state index contributed by atoms with van der Waals surface area (Å²) in [4.78, 5) is 13.5. The summed E-state index contributed by atoms with van der Waals surface area (Å²) in [5.41, 5.74) is 7.91. The molecule has 0 unspecified atom stereocenters. The van der Waals surface area contributed by atoms with E-state index in [2.05, 4.69) is 18.7 Å². The van der Waals surface area contributed by atoms with Gasteiger partial charge in [0.05, 0.1) is 18.5 Å². The minimum absolute atomic E-state index is 0.00718. The smallest absolute Gasteiger partial charge is 0.165 e. The lowest BCUT2D eigenvalue weighted by atomic mass is 10.1. The molecule has 0 fully saturated rings. The fraction of sp³-hybridized carbons (Fsp3) is 0.462. The molecule has 0 heterocycles. The largest absolute Gasteiger partial charge is 0.492 e. The molecule has 0 radical (unpaired) electrons. The fourth-order valence-corrected chi connectivity index (χ4v) is 1.86. The quantitative estimate of drug-likeness (QED) is 0.629. The molecule has 0 spiro atoms. The number of nitrogens with zero attached hydrogens (tertiary/aromatic N) is 1. The third kappa shape index (κ3) is 2.70. The number of anilines is 2. The average Bonchev–Trinajstić information content (AvgIpc) is 2.30. The number of nitrogen functional groups attached to an aromatic ring is 1. The van der Waals surface area contributed by atoms with Crippen LogP contribution < -0.4 is 15.4 Å². The van der Waals surface area contributed by atoms with Gasteiger partial charge in [0.2, 0.25) is 0 Å². The van der Waals surface area contributed by atoms with Gasteiger partial charge in [-0.3, -0.25) is 4.79 Å². The predicted molar refractivity (Wildman–Crippen MR) is 71.0 cm³/mol. The Morgan fingerprint density at radius 2 is 1.94 bits per heavy atom. The summed E-state index contributed by atoms with van der Waals surface area (Å²) >= 11 is 0. The zero-order valence-corrected chi connectivity index (χ0v) is 10.9. The second kappa shape index (κ2) is 5.57. The lowest BCUT2D eigenvalue weighted by Gasteiger charge is -2.24. The Bertz CT molecular complexity index is 412. The Labute approximate surface area is 102 Å². The molecule has 4 nitrogen and oxygen atoms in total. The van der Waals surface area contributed by atoms with Gasteiger partial charge in [-0.1, -0.05) is 0 Å². The molecule has 1 aromatic carbocycles. The van der Waals surface area contributed by atoms with Gasteiger partial charge in [0.15, 0.2) is 11.5 Å². The van der Waals surface area contributed by atoms with Crippen molar-refractivity contribution < 1.29 is 9.53 Å². The molecule has 0 saturated carbocycles. The van der Waals surface area contributed by atoms with Crippen molar-refractivity contribution in [3.8, 4) is 5.75 Å². The molecule has 0 aromatic heterocycles. The van der Waals surface area contributed by atoms with Gasteiger partial charge in [-0.25, -0.2) is 0 Å². The normalized spacial score (nSPS) is 10.1. The van der Waals surface area contributed by atoms with Crippen LogP contribution in [0.3, 0.4) is 0 Å². The Balaban J connectivity index is 3.37. The zero-order chi connectivity index (χ0) is 13.0. The lowest BCUT2D eigenvalue weighted by molar-refractivity contribution is 0.101. The minimum atomic E-state index is 0.00718. The van der Waals surface area contributed by atoms with Crippen molar-refractivity contribution in [2.75, 3.05) is 30.8 Å². The van der Waals surface area contributed by atoms with E-state index in [4.69, 9.17) is 10.5 Å². The molecule has 1 rings (SSSR count).